The summed E-state index contributed by atoms with van der Waals surface area (Å²) in [5, 5.41) is 2.91. The lowest BCUT2D eigenvalue weighted by Gasteiger charge is -2.24. The predicted octanol–water partition coefficient (Wildman–Crippen LogP) is 6.28. The minimum absolute atomic E-state index is 0.0889. The Bertz CT molecular complexity index is 1040. The second kappa shape index (κ2) is 9.92. The van der Waals surface area contributed by atoms with E-state index in [0.717, 1.165) is 16.9 Å². The van der Waals surface area contributed by atoms with E-state index in [4.69, 9.17) is 0 Å². The number of anilines is 1. The van der Waals surface area contributed by atoms with E-state index in [2.05, 4.69) is 12.2 Å². The summed E-state index contributed by atoms with van der Waals surface area (Å²) in [5.41, 5.74) is 2.15. The van der Waals surface area contributed by atoms with Crippen LogP contribution in [0.3, 0.4) is 0 Å². The number of benzene rings is 3. The monoisotopic (exact) mass is 435 g/mol. The summed E-state index contributed by atoms with van der Waals surface area (Å²) in [7, 11) is 0. The first-order valence-corrected chi connectivity index (χ1v) is 11.2. The molecule has 0 heterocycles. The number of hydrogen-bond acceptors (Lipinski definition) is 3. The van der Waals surface area contributed by atoms with E-state index in [9.17, 15) is 14.0 Å². The maximum absolute atomic E-state index is 13.2. The minimum atomic E-state index is -0.779. The molecule has 3 aromatic rings. The molecule has 0 aliphatic heterocycles. The molecule has 160 valence electrons. The first-order valence-electron chi connectivity index (χ1n) is 10.2. The maximum Gasteiger partial charge on any atom is 0.228 e. The van der Waals surface area contributed by atoms with Crippen LogP contribution >= 0.6 is 11.8 Å². The van der Waals surface area contributed by atoms with E-state index in [1.807, 2.05) is 50.2 Å². The van der Waals surface area contributed by atoms with Gasteiger partial charge in [-0.25, -0.2) is 4.39 Å². The van der Waals surface area contributed by atoms with Crippen LogP contribution in [-0.2, 0) is 16.6 Å². The smallest absolute Gasteiger partial charge is 0.228 e. The van der Waals surface area contributed by atoms with Crippen LogP contribution in [0.5, 0.6) is 0 Å². The van der Waals surface area contributed by atoms with E-state index in [-0.39, 0.29) is 17.5 Å². The van der Waals surface area contributed by atoms with Crippen molar-refractivity contribution in [2.24, 2.45) is 0 Å². The number of amides is 1. The van der Waals surface area contributed by atoms with Crippen molar-refractivity contribution >= 4 is 29.1 Å². The Morgan fingerprint density at radius 3 is 2.10 bits per heavy atom. The van der Waals surface area contributed by atoms with Crippen molar-refractivity contribution in [1.29, 1.82) is 0 Å². The zero-order valence-electron chi connectivity index (χ0n) is 17.9. The fourth-order valence-electron chi connectivity index (χ4n) is 3.32. The van der Waals surface area contributed by atoms with Crippen molar-refractivity contribution < 1.29 is 14.0 Å². The molecule has 0 aliphatic rings. The highest BCUT2D eigenvalue weighted by atomic mass is 32.2. The van der Waals surface area contributed by atoms with Crippen molar-refractivity contribution in [1.82, 2.24) is 0 Å². The molecule has 0 saturated carbocycles. The van der Waals surface area contributed by atoms with Crippen LogP contribution in [0.25, 0.3) is 0 Å². The van der Waals surface area contributed by atoms with Crippen molar-refractivity contribution in [3.05, 3.63) is 95.3 Å². The van der Waals surface area contributed by atoms with Gasteiger partial charge in [-0.1, -0.05) is 31.2 Å². The van der Waals surface area contributed by atoms with E-state index in [1.54, 1.807) is 23.9 Å². The fraction of sp³-hybridized carbons (Fsp3) is 0.231. The van der Waals surface area contributed by atoms with Gasteiger partial charge in [0.2, 0.25) is 5.91 Å². The SMILES string of the molecule is CCSc1ccc(CC(=O)Nc2ccc(C(C)(C)C(=O)c3ccc(F)cc3)cc2)cc1. The van der Waals surface area contributed by atoms with E-state index in [0.29, 0.717) is 17.7 Å². The highest BCUT2D eigenvalue weighted by Crippen LogP contribution is 2.29. The minimum Gasteiger partial charge on any atom is -0.326 e. The Balaban J connectivity index is 1.64. The second-order valence-electron chi connectivity index (χ2n) is 7.84. The molecule has 0 fully saturated rings. The van der Waals surface area contributed by atoms with Crippen molar-refractivity contribution in [3.63, 3.8) is 0 Å². The standard InChI is InChI=1S/C26H26FNO2S/c1-4-31-23-15-5-18(6-16-23)17-24(29)28-22-13-9-20(10-14-22)26(2,3)25(30)19-7-11-21(27)12-8-19/h5-16H,4,17H2,1-3H3,(H,28,29). The number of thioether (sulfide) groups is 1. The zero-order valence-corrected chi connectivity index (χ0v) is 18.8. The lowest BCUT2D eigenvalue weighted by Crippen LogP contribution is -2.29. The zero-order chi connectivity index (χ0) is 22.4. The van der Waals surface area contributed by atoms with Crippen LogP contribution in [0.2, 0.25) is 0 Å². The van der Waals surface area contributed by atoms with Crippen LogP contribution in [0.4, 0.5) is 10.1 Å². The van der Waals surface area contributed by atoms with Crippen molar-refractivity contribution in [2.45, 2.75) is 37.5 Å². The van der Waals surface area contributed by atoms with Gasteiger partial charge >= 0.3 is 0 Å². The highest BCUT2D eigenvalue weighted by Gasteiger charge is 2.30. The van der Waals surface area contributed by atoms with Gasteiger partial charge in [0, 0.05) is 16.1 Å². The lowest BCUT2D eigenvalue weighted by atomic mass is 9.78. The first kappa shape index (κ1) is 22.8. The number of carbonyl (C=O) groups excluding carboxylic acids is 2. The summed E-state index contributed by atoms with van der Waals surface area (Å²) in [6.07, 6.45) is 0.299. The van der Waals surface area contributed by atoms with Crippen molar-refractivity contribution in [2.75, 3.05) is 11.1 Å². The molecule has 0 aliphatic carbocycles. The van der Waals surface area contributed by atoms with Gasteiger partial charge in [-0.15, -0.1) is 11.8 Å². The second-order valence-corrected chi connectivity index (χ2v) is 9.18. The number of carbonyl (C=O) groups is 2. The van der Waals surface area contributed by atoms with Crippen LogP contribution in [-0.4, -0.2) is 17.4 Å². The van der Waals surface area contributed by atoms with Gasteiger partial charge in [-0.3, -0.25) is 9.59 Å². The van der Waals surface area contributed by atoms with E-state index in [1.165, 1.54) is 29.2 Å². The maximum atomic E-state index is 13.2. The Labute approximate surface area is 187 Å². The summed E-state index contributed by atoms with van der Waals surface area (Å²) < 4.78 is 13.2. The number of rotatable bonds is 8. The molecule has 1 N–H and O–H groups in total. The lowest BCUT2D eigenvalue weighted by molar-refractivity contribution is -0.115. The van der Waals surface area contributed by atoms with Crippen LogP contribution in [0.15, 0.2) is 77.7 Å². The summed E-state index contributed by atoms with van der Waals surface area (Å²) in [4.78, 5) is 26.5. The van der Waals surface area contributed by atoms with Gasteiger partial charge in [0.1, 0.15) is 5.82 Å². The average molecular weight is 436 g/mol. The van der Waals surface area contributed by atoms with Crippen LogP contribution in [0.1, 0.15) is 42.3 Å². The molecular formula is C26H26FNO2S. The molecular weight excluding hydrogens is 409 g/mol. The summed E-state index contributed by atoms with van der Waals surface area (Å²) in [6.45, 7) is 5.79. The Hall–Kier alpha value is -2.92. The molecule has 3 rings (SSSR count). The highest BCUT2D eigenvalue weighted by molar-refractivity contribution is 7.99. The van der Waals surface area contributed by atoms with Gasteiger partial charge in [0.05, 0.1) is 11.8 Å². The Morgan fingerprint density at radius 1 is 0.903 bits per heavy atom. The molecule has 1 amide bonds. The third-order valence-corrected chi connectivity index (χ3v) is 6.06. The average Bonchev–Trinajstić information content (AvgIpc) is 2.76. The molecule has 0 saturated heterocycles. The number of hydrogen-bond donors (Lipinski definition) is 1. The molecule has 3 aromatic carbocycles. The summed E-state index contributed by atoms with van der Waals surface area (Å²) in [6, 6.07) is 20.9. The first-order chi connectivity index (χ1) is 14.8. The van der Waals surface area contributed by atoms with Crippen LogP contribution in [0, 0.1) is 5.82 Å². The Morgan fingerprint density at radius 2 is 1.52 bits per heavy atom. The molecule has 0 spiro atoms. The fourth-order valence-corrected chi connectivity index (χ4v) is 3.99. The van der Waals surface area contributed by atoms with Gasteiger partial charge in [-0.05, 0) is 79.3 Å². The topological polar surface area (TPSA) is 46.2 Å². The molecule has 0 bridgehead atoms. The largest absolute Gasteiger partial charge is 0.326 e. The third-order valence-electron chi connectivity index (χ3n) is 5.16. The third kappa shape index (κ3) is 5.82. The molecule has 0 unspecified atom stereocenters. The molecule has 0 radical (unpaired) electrons. The van der Waals surface area contributed by atoms with Crippen LogP contribution < -0.4 is 5.32 Å². The van der Waals surface area contributed by atoms with Crippen molar-refractivity contribution in [3.8, 4) is 0 Å². The van der Waals surface area contributed by atoms with Gasteiger partial charge in [0.15, 0.2) is 5.78 Å². The quantitative estimate of drug-likeness (QED) is 0.335. The Kier molecular flexibility index (Phi) is 7.29. The molecule has 0 atom stereocenters. The molecule has 31 heavy (non-hydrogen) atoms. The summed E-state index contributed by atoms with van der Waals surface area (Å²) in [5.74, 6) is 0.465. The van der Waals surface area contributed by atoms with E-state index < -0.39 is 5.41 Å². The molecule has 0 aromatic heterocycles. The number of ketones is 1. The normalized spacial score (nSPS) is 11.2. The van der Waals surface area contributed by atoms with Gasteiger partial charge < -0.3 is 5.32 Å². The number of halogens is 1. The molecule has 3 nitrogen and oxygen atoms in total. The van der Waals surface area contributed by atoms with E-state index >= 15 is 0 Å². The molecule has 5 heteroatoms. The number of Topliss-reactive ketones (excluding diaryl/α,β-unsaturated/α-hetero) is 1. The van der Waals surface area contributed by atoms with Gasteiger partial charge in [-0.2, -0.15) is 0 Å². The summed E-state index contributed by atoms with van der Waals surface area (Å²) >= 11 is 1.77. The predicted molar refractivity (Wildman–Crippen MR) is 125 cm³/mol. The van der Waals surface area contributed by atoms with Gasteiger partial charge in [0.25, 0.3) is 0 Å². The number of nitrogens with one attached hydrogen (secondary N) is 1.